The van der Waals surface area contributed by atoms with Crippen molar-refractivity contribution in [2.24, 2.45) is 0 Å². The summed E-state index contributed by atoms with van der Waals surface area (Å²) in [4.78, 5) is 20.0. The van der Waals surface area contributed by atoms with E-state index < -0.39 is 5.97 Å². The molecule has 0 bridgehead atoms. The molecule has 3 aromatic rings. The van der Waals surface area contributed by atoms with Crippen LogP contribution in [0.1, 0.15) is 48.2 Å². The number of nitrogens with zero attached hydrogens (tertiary/aromatic N) is 2. The Labute approximate surface area is 171 Å². The number of aromatic nitrogens is 2. The van der Waals surface area contributed by atoms with Gasteiger partial charge in [-0.25, -0.2) is 4.98 Å². The van der Waals surface area contributed by atoms with E-state index in [0.717, 1.165) is 40.3 Å². The zero-order valence-electron chi connectivity index (χ0n) is 16.5. The number of hydrogen-bond donors (Lipinski definition) is 2. The van der Waals surface area contributed by atoms with Crippen molar-refractivity contribution >= 4 is 17.4 Å². The summed E-state index contributed by atoms with van der Waals surface area (Å²) in [5, 5.41) is 12.4. The van der Waals surface area contributed by atoms with E-state index in [1.165, 1.54) is 0 Å². The summed E-state index contributed by atoms with van der Waals surface area (Å²) in [5.41, 5.74) is 4.51. The van der Waals surface area contributed by atoms with E-state index >= 15 is 0 Å². The average Bonchev–Trinajstić information content (AvgIpc) is 2.76. The summed E-state index contributed by atoms with van der Waals surface area (Å²) in [6.07, 6.45) is 2.57. The maximum Gasteiger partial charge on any atom is 0.304 e. The minimum absolute atomic E-state index is 0.0808. The molecule has 3 rings (SSSR count). The van der Waals surface area contributed by atoms with Gasteiger partial charge in [0.15, 0.2) is 0 Å². The van der Waals surface area contributed by atoms with E-state index in [4.69, 9.17) is 5.11 Å². The van der Waals surface area contributed by atoms with Gasteiger partial charge in [0, 0.05) is 29.9 Å². The lowest BCUT2D eigenvalue weighted by molar-refractivity contribution is -0.137. The lowest BCUT2D eigenvalue weighted by atomic mass is 9.96. The molecule has 2 N–H and O–H groups in total. The molecule has 0 aliphatic heterocycles. The Morgan fingerprint density at radius 3 is 2.55 bits per heavy atom. The molecule has 2 aromatic heterocycles. The van der Waals surface area contributed by atoms with Crippen LogP contribution in [0, 0.1) is 0 Å². The van der Waals surface area contributed by atoms with Crippen LogP contribution in [-0.2, 0) is 11.3 Å². The molecule has 29 heavy (non-hydrogen) atoms. The number of hydrogen-bond acceptors (Lipinski definition) is 4. The normalized spacial score (nSPS) is 11.6. The third-order valence-corrected chi connectivity index (χ3v) is 4.85. The van der Waals surface area contributed by atoms with Gasteiger partial charge < -0.3 is 10.4 Å². The highest BCUT2D eigenvalue weighted by molar-refractivity contribution is 5.76. The Morgan fingerprint density at radius 1 is 1.10 bits per heavy atom. The molecule has 0 spiro atoms. The van der Waals surface area contributed by atoms with Crippen LogP contribution in [0.5, 0.6) is 0 Å². The summed E-state index contributed by atoms with van der Waals surface area (Å²) in [5.74, 6) is -0.0630. The minimum atomic E-state index is -0.808. The number of anilines is 1. The Hall–Kier alpha value is -3.47. The molecule has 1 aromatic carbocycles. The van der Waals surface area contributed by atoms with Crippen molar-refractivity contribution in [3.63, 3.8) is 0 Å². The Bertz CT molecular complexity index is 969. The number of rotatable bonds is 9. The summed E-state index contributed by atoms with van der Waals surface area (Å²) in [7, 11) is 0. The van der Waals surface area contributed by atoms with Gasteiger partial charge in [0.25, 0.3) is 0 Å². The number of carboxylic acids is 1. The van der Waals surface area contributed by atoms with Gasteiger partial charge in [0.05, 0.1) is 12.1 Å². The zero-order chi connectivity index (χ0) is 20.6. The van der Waals surface area contributed by atoms with Crippen LogP contribution in [0.4, 0.5) is 5.82 Å². The van der Waals surface area contributed by atoms with Gasteiger partial charge in [-0.15, -0.1) is 0 Å². The van der Waals surface area contributed by atoms with E-state index in [2.05, 4.69) is 34.0 Å². The maximum absolute atomic E-state index is 11.1. The van der Waals surface area contributed by atoms with Crippen molar-refractivity contribution in [1.29, 1.82) is 0 Å². The SMILES string of the molecule is C=C(c1ccc(CNc2ccccn2)cc1)c1cccc(C(CC)CC(=O)O)n1. The highest BCUT2D eigenvalue weighted by Crippen LogP contribution is 2.25. The van der Waals surface area contributed by atoms with Gasteiger partial charge in [-0.05, 0) is 41.8 Å². The Kier molecular flexibility index (Phi) is 6.74. The third kappa shape index (κ3) is 5.51. The van der Waals surface area contributed by atoms with E-state index in [1.54, 1.807) is 6.20 Å². The first-order valence-electron chi connectivity index (χ1n) is 9.69. The predicted octanol–water partition coefficient (Wildman–Crippen LogP) is 5.12. The van der Waals surface area contributed by atoms with E-state index in [9.17, 15) is 4.79 Å². The first-order valence-corrected chi connectivity index (χ1v) is 9.69. The second-order valence-electron chi connectivity index (χ2n) is 6.89. The molecule has 0 fully saturated rings. The number of carboxylic acid groups (broad SMARTS) is 1. The molecule has 2 heterocycles. The van der Waals surface area contributed by atoms with E-state index in [-0.39, 0.29) is 12.3 Å². The van der Waals surface area contributed by atoms with Crippen molar-refractivity contribution in [2.75, 3.05) is 5.32 Å². The lowest BCUT2D eigenvalue weighted by Gasteiger charge is -2.14. The van der Waals surface area contributed by atoms with Crippen LogP contribution >= 0.6 is 0 Å². The summed E-state index contributed by atoms with van der Waals surface area (Å²) in [6.45, 7) is 6.87. The number of nitrogens with one attached hydrogen (secondary N) is 1. The number of aliphatic carboxylic acids is 1. The fourth-order valence-electron chi connectivity index (χ4n) is 3.15. The third-order valence-electron chi connectivity index (χ3n) is 4.85. The second kappa shape index (κ2) is 9.64. The number of carbonyl (C=O) groups is 1. The lowest BCUT2D eigenvalue weighted by Crippen LogP contribution is -2.08. The van der Waals surface area contributed by atoms with E-state index in [0.29, 0.717) is 6.54 Å². The predicted molar refractivity (Wildman–Crippen MR) is 116 cm³/mol. The topological polar surface area (TPSA) is 75.1 Å². The van der Waals surface area contributed by atoms with Gasteiger partial charge in [-0.2, -0.15) is 0 Å². The molecular formula is C24H25N3O2. The quantitative estimate of drug-likeness (QED) is 0.533. The average molecular weight is 387 g/mol. The van der Waals surface area contributed by atoms with Crippen molar-refractivity contribution in [3.8, 4) is 0 Å². The molecule has 0 amide bonds. The van der Waals surface area contributed by atoms with Crippen LogP contribution in [0.3, 0.4) is 0 Å². The molecule has 148 valence electrons. The van der Waals surface area contributed by atoms with Crippen LogP contribution in [-0.4, -0.2) is 21.0 Å². The first kappa shape index (κ1) is 20.3. The molecule has 5 nitrogen and oxygen atoms in total. The number of benzene rings is 1. The Morgan fingerprint density at radius 2 is 1.90 bits per heavy atom. The van der Waals surface area contributed by atoms with Crippen molar-refractivity contribution in [1.82, 2.24) is 9.97 Å². The molecule has 0 aliphatic rings. The summed E-state index contributed by atoms with van der Waals surface area (Å²) >= 11 is 0. The minimum Gasteiger partial charge on any atom is -0.481 e. The molecule has 0 radical (unpaired) electrons. The molecular weight excluding hydrogens is 362 g/mol. The highest BCUT2D eigenvalue weighted by atomic mass is 16.4. The fourth-order valence-corrected chi connectivity index (χ4v) is 3.15. The molecule has 1 atom stereocenters. The molecule has 0 aliphatic carbocycles. The van der Waals surface area contributed by atoms with Gasteiger partial charge in [-0.1, -0.05) is 49.9 Å². The monoisotopic (exact) mass is 387 g/mol. The fraction of sp³-hybridized carbons (Fsp3) is 0.208. The van der Waals surface area contributed by atoms with Crippen molar-refractivity contribution in [3.05, 3.63) is 96.0 Å². The zero-order valence-corrected chi connectivity index (χ0v) is 16.5. The van der Waals surface area contributed by atoms with Crippen molar-refractivity contribution in [2.45, 2.75) is 32.2 Å². The van der Waals surface area contributed by atoms with Crippen LogP contribution in [0.25, 0.3) is 5.57 Å². The Balaban J connectivity index is 1.70. The van der Waals surface area contributed by atoms with Crippen molar-refractivity contribution < 1.29 is 9.90 Å². The number of pyridine rings is 2. The van der Waals surface area contributed by atoms with E-state index in [1.807, 2.05) is 55.5 Å². The highest BCUT2D eigenvalue weighted by Gasteiger charge is 2.16. The smallest absolute Gasteiger partial charge is 0.304 e. The largest absolute Gasteiger partial charge is 0.481 e. The van der Waals surface area contributed by atoms with Crippen LogP contribution in [0.15, 0.2) is 73.4 Å². The van der Waals surface area contributed by atoms with Gasteiger partial charge in [0.1, 0.15) is 5.82 Å². The molecule has 0 saturated heterocycles. The van der Waals surface area contributed by atoms with Gasteiger partial charge >= 0.3 is 5.97 Å². The summed E-state index contributed by atoms with van der Waals surface area (Å²) < 4.78 is 0. The summed E-state index contributed by atoms with van der Waals surface area (Å²) in [6, 6.07) is 19.7. The van der Waals surface area contributed by atoms with Gasteiger partial charge in [0.2, 0.25) is 0 Å². The molecule has 1 unspecified atom stereocenters. The van der Waals surface area contributed by atoms with Gasteiger partial charge in [-0.3, -0.25) is 9.78 Å². The van der Waals surface area contributed by atoms with Crippen LogP contribution < -0.4 is 5.32 Å². The van der Waals surface area contributed by atoms with Crippen LogP contribution in [0.2, 0.25) is 0 Å². The first-order chi connectivity index (χ1) is 14.1. The second-order valence-corrected chi connectivity index (χ2v) is 6.89. The molecule has 0 saturated carbocycles. The molecule has 5 heteroatoms. The maximum atomic E-state index is 11.1. The standard InChI is InChI=1S/C24H25N3O2/c1-3-19(15-24(28)29)22-8-6-7-21(27-22)17(2)20-12-10-18(11-13-20)16-26-23-9-4-5-14-25-23/h4-14,19H,2-3,15-16H2,1H3,(H,25,26)(H,28,29).